The van der Waals surface area contributed by atoms with Crippen molar-refractivity contribution < 1.29 is 13.2 Å². The van der Waals surface area contributed by atoms with E-state index >= 15 is 0 Å². The monoisotopic (exact) mass is 326 g/mol. The van der Waals surface area contributed by atoms with Crippen LogP contribution in [-0.4, -0.2) is 60.9 Å². The van der Waals surface area contributed by atoms with Gasteiger partial charge in [-0.05, 0) is 25.7 Å². The Morgan fingerprint density at radius 2 is 2.09 bits per heavy atom. The van der Waals surface area contributed by atoms with E-state index in [0.717, 1.165) is 43.5 Å². The maximum absolute atomic E-state index is 13.3. The smallest absolute Gasteiger partial charge is 0.260 e. The molecule has 0 amide bonds. The highest BCUT2D eigenvalue weighted by Crippen LogP contribution is 2.31. The number of ether oxygens (including phenoxy) is 1. The molecule has 1 N–H and O–H groups in total. The van der Waals surface area contributed by atoms with Crippen LogP contribution in [0.5, 0.6) is 0 Å². The lowest BCUT2D eigenvalue weighted by Gasteiger charge is -2.36. The summed E-state index contributed by atoms with van der Waals surface area (Å²) in [6.45, 7) is 2.26. The number of aryl methyl sites for hydroxylation is 2. The molecule has 1 aromatic heterocycles. The fourth-order valence-electron chi connectivity index (χ4n) is 3.94. The van der Waals surface area contributed by atoms with Crippen LogP contribution >= 0.6 is 0 Å². The zero-order valence-corrected chi connectivity index (χ0v) is 13.6. The number of sulfonamides is 1. The van der Waals surface area contributed by atoms with E-state index in [-0.39, 0.29) is 12.1 Å². The summed E-state index contributed by atoms with van der Waals surface area (Å²) in [4.78, 5) is 0. The molecular weight excluding hydrogens is 304 g/mol. The lowest BCUT2D eigenvalue weighted by atomic mass is 9.99. The van der Waals surface area contributed by atoms with E-state index in [2.05, 4.69) is 10.4 Å². The predicted octanol–water partition coefficient (Wildman–Crippen LogP) is -0.340. The van der Waals surface area contributed by atoms with E-state index in [0.29, 0.717) is 24.7 Å². The summed E-state index contributed by atoms with van der Waals surface area (Å²) in [7, 11) is -1.79. The molecule has 3 heterocycles. The fraction of sp³-hybridized carbons (Fsp3) is 0.786. The molecule has 7 nitrogen and oxygen atoms in total. The zero-order chi connectivity index (χ0) is 15.3. The number of hydrogen-bond donors (Lipinski definition) is 1. The molecule has 2 aliphatic heterocycles. The van der Waals surface area contributed by atoms with Crippen LogP contribution in [0.15, 0.2) is 5.03 Å². The average Bonchev–Trinajstić information content (AvgIpc) is 3.09. The molecule has 2 atom stereocenters. The maximum atomic E-state index is 13.3. The van der Waals surface area contributed by atoms with Gasteiger partial charge in [-0.3, -0.25) is 4.68 Å². The Morgan fingerprint density at radius 3 is 2.95 bits per heavy atom. The SMILES string of the molecule is Cn1nc2c(c1S(=O)(=O)N1CCO[C@@H]3CNC[C@@H]31)CCCC2. The lowest BCUT2D eigenvalue weighted by molar-refractivity contribution is -0.0150. The van der Waals surface area contributed by atoms with Crippen LogP contribution in [0.25, 0.3) is 0 Å². The molecule has 0 aromatic carbocycles. The molecule has 0 unspecified atom stereocenters. The van der Waals surface area contributed by atoms with Gasteiger partial charge in [-0.2, -0.15) is 9.40 Å². The van der Waals surface area contributed by atoms with Crippen LogP contribution in [-0.2, 0) is 34.6 Å². The van der Waals surface area contributed by atoms with Crippen LogP contribution in [0.4, 0.5) is 0 Å². The molecule has 0 saturated carbocycles. The number of fused-ring (bicyclic) bond motifs is 2. The Bertz CT molecular complexity index is 685. The Hall–Kier alpha value is -0.960. The molecule has 0 spiro atoms. The number of morpholine rings is 1. The number of nitrogens with zero attached hydrogens (tertiary/aromatic N) is 3. The number of rotatable bonds is 2. The maximum Gasteiger partial charge on any atom is 0.260 e. The third kappa shape index (κ3) is 2.12. The first-order valence-electron chi connectivity index (χ1n) is 7.98. The van der Waals surface area contributed by atoms with Crippen LogP contribution in [0, 0.1) is 0 Å². The second-order valence-electron chi connectivity index (χ2n) is 6.31. The van der Waals surface area contributed by atoms with E-state index in [1.54, 1.807) is 16.0 Å². The quantitative estimate of drug-likeness (QED) is 0.805. The second-order valence-corrected chi connectivity index (χ2v) is 8.12. The summed E-state index contributed by atoms with van der Waals surface area (Å²) in [5.41, 5.74) is 1.89. The highest BCUT2D eigenvalue weighted by molar-refractivity contribution is 7.89. The van der Waals surface area contributed by atoms with Crippen molar-refractivity contribution in [1.82, 2.24) is 19.4 Å². The summed E-state index contributed by atoms with van der Waals surface area (Å²) in [5.74, 6) is 0. The van der Waals surface area contributed by atoms with Crippen molar-refractivity contribution in [3.8, 4) is 0 Å². The van der Waals surface area contributed by atoms with Crippen molar-refractivity contribution in [2.75, 3.05) is 26.2 Å². The van der Waals surface area contributed by atoms with Gasteiger partial charge in [0.25, 0.3) is 10.0 Å². The number of aromatic nitrogens is 2. The molecule has 1 aromatic rings. The van der Waals surface area contributed by atoms with Crippen molar-refractivity contribution in [3.63, 3.8) is 0 Å². The van der Waals surface area contributed by atoms with Gasteiger partial charge in [0.15, 0.2) is 5.03 Å². The van der Waals surface area contributed by atoms with E-state index < -0.39 is 10.0 Å². The molecule has 8 heteroatoms. The van der Waals surface area contributed by atoms with Gasteiger partial charge in [-0.1, -0.05) is 0 Å². The Kier molecular flexibility index (Phi) is 3.52. The molecule has 22 heavy (non-hydrogen) atoms. The molecule has 0 bridgehead atoms. The minimum Gasteiger partial charge on any atom is -0.374 e. The van der Waals surface area contributed by atoms with Gasteiger partial charge in [0, 0.05) is 32.2 Å². The minimum atomic E-state index is -3.53. The molecule has 0 radical (unpaired) electrons. The van der Waals surface area contributed by atoms with Gasteiger partial charge >= 0.3 is 0 Å². The zero-order valence-electron chi connectivity index (χ0n) is 12.8. The van der Waals surface area contributed by atoms with Crippen LogP contribution in [0.3, 0.4) is 0 Å². The number of nitrogens with one attached hydrogen (secondary N) is 1. The minimum absolute atomic E-state index is 0.0346. The number of hydrogen-bond acceptors (Lipinski definition) is 5. The molecule has 4 rings (SSSR count). The summed E-state index contributed by atoms with van der Waals surface area (Å²) in [6, 6.07) is -0.104. The first-order valence-corrected chi connectivity index (χ1v) is 9.42. The van der Waals surface area contributed by atoms with Crippen LogP contribution in [0.1, 0.15) is 24.1 Å². The molecule has 122 valence electrons. The molecule has 2 saturated heterocycles. The highest BCUT2D eigenvalue weighted by atomic mass is 32.2. The predicted molar refractivity (Wildman–Crippen MR) is 80.1 cm³/mol. The molecular formula is C14H22N4O3S. The topological polar surface area (TPSA) is 76.5 Å². The van der Waals surface area contributed by atoms with Gasteiger partial charge in [-0.25, -0.2) is 8.42 Å². The van der Waals surface area contributed by atoms with E-state index in [1.807, 2.05) is 0 Å². The summed E-state index contributed by atoms with van der Waals surface area (Å²) in [5, 5.41) is 8.09. The van der Waals surface area contributed by atoms with Crippen molar-refractivity contribution >= 4 is 10.0 Å². The second kappa shape index (κ2) is 5.30. The molecule has 1 aliphatic carbocycles. The Balaban J connectivity index is 1.76. The third-order valence-electron chi connectivity index (χ3n) is 4.96. The largest absolute Gasteiger partial charge is 0.374 e. The standard InChI is InChI=1S/C14H22N4O3S/c1-17-14(10-4-2-3-5-11(10)16-17)22(19,20)18-6-7-21-13-9-15-8-12(13)18/h12-13,15H,2-9H2,1H3/t12-,13+/m0/s1. The average molecular weight is 326 g/mol. The van der Waals surface area contributed by atoms with Gasteiger partial charge in [-0.15, -0.1) is 0 Å². The summed E-state index contributed by atoms with van der Waals surface area (Å²) in [6.07, 6.45) is 3.80. The van der Waals surface area contributed by atoms with Gasteiger partial charge in [0.2, 0.25) is 0 Å². The van der Waals surface area contributed by atoms with Gasteiger partial charge < -0.3 is 10.1 Å². The van der Waals surface area contributed by atoms with Crippen molar-refractivity contribution in [2.24, 2.45) is 7.05 Å². The Morgan fingerprint density at radius 1 is 1.27 bits per heavy atom. The van der Waals surface area contributed by atoms with Crippen molar-refractivity contribution in [3.05, 3.63) is 11.3 Å². The summed E-state index contributed by atoms with van der Waals surface area (Å²) >= 11 is 0. The van der Waals surface area contributed by atoms with Crippen molar-refractivity contribution in [1.29, 1.82) is 0 Å². The molecule has 3 aliphatic rings. The summed E-state index contributed by atoms with van der Waals surface area (Å²) < 4.78 is 35.4. The third-order valence-corrected chi connectivity index (χ3v) is 7.03. The highest BCUT2D eigenvalue weighted by Gasteiger charge is 2.44. The first-order chi connectivity index (χ1) is 10.6. The Labute approximate surface area is 130 Å². The van der Waals surface area contributed by atoms with E-state index in [1.165, 1.54) is 0 Å². The van der Waals surface area contributed by atoms with E-state index in [9.17, 15) is 8.42 Å². The van der Waals surface area contributed by atoms with Crippen molar-refractivity contribution in [2.45, 2.75) is 42.9 Å². The van der Waals surface area contributed by atoms with Crippen LogP contribution < -0.4 is 5.32 Å². The fourth-order valence-corrected chi connectivity index (χ4v) is 5.95. The van der Waals surface area contributed by atoms with Gasteiger partial charge in [0.1, 0.15) is 0 Å². The van der Waals surface area contributed by atoms with E-state index in [4.69, 9.17) is 4.74 Å². The van der Waals surface area contributed by atoms with Gasteiger partial charge in [0.05, 0.1) is 24.4 Å². The normalized spacial score (nSPS) is 29.3. The lowest BCUT2D eigenvalue weighted by Crippen LogP contribution is -2.53. The molecule has 2 fully saturated rings. The van der Waals surface area contributed by atoms with Crippen LogP contribution in [0.2, 0.25) is 0 Å². The first kappa shape index (κ1) is 14.6.